The van der Waals surface area contributed by atoms with Gasteiger partial charge >= 0.3 is 0 Å². The van der Waals surface area contributed by atoms with Crippen LogP contribution in [0, 0.1) is 11.3 Å². The van der Waals surface area contributed by atoms with Crippen LogP contribution in [0.3, 0.4) is 0 Å². The highest BCUT2D eigenvalue weighted by molar-refractivity contribution is 5.85. The Kier molecular flexibility index (Phi) is 5.53. The summed E-state index contributed by atoms with van der Waals surface area (Å²) in [6, 6.07) is 0.310. The van der Waals surface area contributed by atoms with Crippen LogP contribution in [-0.2, 0) is 14.3 Å². The SMILES string of the molecule is CN(C)C(=O)CN=C(NCC1CCCO1)NC1C2CCOC2C1(C)C. The van der Waals surface area contributed by atoms with Crippen LogP contribution < -0.4 is 10.6 Å². The van der Waals surface area contributed by atoms with E-state index in [-0.39, 0.29) is 24.0 Å². The Bertz CT molecular complexity index is 514. The van der Waals surface area contributed by atoms with Gasteiger partial charge in [0.25, 0.3) is 0 Å². The molecule has 142 valence electrons. The monoisotopic (exact) mass is 352 g/mol. The molecule has 0 aromatic heterocycles. The summed E-state index contributed by atoms with van der Waals surface area (Å²) in [5.41, 5.74) is 0.0685. The molecule has 7 nitrogen and oxygen atoms in total. The Hall–Kier alpha value is -1.34. The first kappa shape index (κ1) is 18.5. The molecule has 7 heteroatoms. The van der Waals surface area contributed by atoms with Gasteiger partial charge in [-0.3, -0.25) is 4.79 Å². The van der Waals surface area contributed by atoms with Crippen molar-refractivity contribution < 1.29 is 14.3 Å². The Balaban J connectivity index is 1.62. The predicted molar refractivity (Wildman–Crippen MR) is 96.5 cm³/mol. The minimum absolute atomic E-state index is 0.00633. The number of fused-ring (bicyclic) bond motifs is 1. The molecule has 1 aliphatic carbocycles. The summed E-state index contributed by atoms with van der Waals surface area (Å²) in [5.74, 6) is 1.22. The molecule has 3 rings (SSSR count). The second-order valence-electron chi connectivity index (χ2n) is 8.16. The molecule has 2 heterocycles. The molecular weight excluding hydrogens is 320 g/mol. The quantitative estimate of drug-likeness (QED) is 0.560. The molecule has 2 N–H and O–H groups in total. The van der Waals surface area contributed by atoms with Gasteiger partial charge in [-0.2, -0.15) is 0 Å². The highest BCUT2D eigenvalue weighted by Crippen LogP contribution is 2.52. The van der Waals surface area contributed by atoms with E-state index in [0.29, 0.717) is 24.0 Å². The lowest BCUT2D eigenvalue weighted by Crippen LogP contribution is -2.68. The van der Waals surface area contributed by atoms with Crippen LogP contribution in [0.5, 0.6) is 0 Å². The molecule has 3 aliphatic rings. The zero-order chi connectivity index (χ0) is 18.0. The van der Waals surface area contributed by atoms with Crippen LogP contribution >= 0.6 is 0 Å². The van der Waals surface area contributed by atoms with E-state index in [1.54, 1.807) is 19.0 Å². The smallest absolute Gasteiger partial charge is 0.243 e. The van der Waals surface area contributed by atoms with Gasteiger partial charge in [0.1, 0.15) is 6.54 Å². The summed E-state index contributed by atoms with van der Waals surface area (Å²) in [7, 11) is 3.50. The third kappa shape index (κ3) is 3.92. The number of carbonyl (C=O) groups is 1. The summed E-state index contributed by atoms with van der Waals surface area (Å²) in [4.78, 5) is 18.0. The van der Waals surface area contributed by atoms with Crippen molar-refractivity contribution in [3.63, 3.8) is 0 Å². The van der Waals surface area contributed by atoms with E-state index < -0.39 is 0 Å². The van der Waals surface area contributed by atoms with E-state index in [9.17, 15) is 4.79 Å². The zero-order valence-corrected chi connectivity index (χ0v) is 15.9. The average molecular weight is 352 g/mol. The standard InChI is InChI=1S/C18H32N4O3/c1-18(2)15(13-7-9-25-16(13)18)21-17(20-11-14(23)22(3)4)19-10-12-6-5-8-24-12/h12-13,15-16H,5-11H2,1-4H3,(H2,19,20,21). The third-order valence-corrected chi connectivity index (χ3v) is 5.79. The van der Waals surface area contributed by atoms with Crippen LogP contribution in [-0.4, -0.2) is 75.4 Å². The molecule has 4 atom stereocenters. The van der Waals surface area contributed by atoms with Crippen LogP contribution in [0.15, 0.2) is 4.99 Å². The first-order valence-electron chi connectivity index (χ1n) is 9.38. The molecule has 25 heavy (non-hydrogen) atoms. The van der Waals surface area contributed by atoms with Gasteiger partial charge < -0.3 is 25.0 Å². The van der Waals surface area contributed by atoms with Gasteiger partial charge in [-0.25, -0.2) is 4.99 Å². The Morgan fingerprint density at radius 2 is 2.04 bits per heavy atom. The number of hydrogen-bond acceptors (Lipinski definition) is 4. The van der Waals surface area contributed by atoms with Crippen molar-refractivity contribution in [2.75, 3.05) is 40.4 Å². The number of rotatable bonds is 5. The molecule has 4 unspecified atom stereocenters. The second-order valence-corrected chi connectivity index (χ2v) is 8.16. The molecule has 0 spiro atoms. The topological polar surface area (TPSA) is 75.2 Å². The van der Waals surface area contributed by atoms with Crippen LogP contribution in [0.25, 0.3) is 0 Å². The highest BCUT2D eigenvalue weighted by atomic mass is 16.5. The van der Waals surface area contributed by atoms with Gasteiger partial charge in [0.2, 0.25) is 5.91 Å². The van der Waals surface area contributed by atoms with E-state index in [0.717, 1.165) is 39.0 Å². The molecular formula is C18H32N4O3. The highest BCUT2D eigenvalue weighted by Gasteiger charge is 2.59. The lowest BCUT2D eigenvalue weighted by Gasteiger charge is -2.55. The Labute approximate surface area is 150 Å². The maximum atomic E-state index is 11.9. The van der Waals surface area contributed by atoms with Gasteiger partial charge in [-0.05, 0) is 19.3 Å². The molecule has 2 saturated heterocycles. The average Bonchev–Trinajstić information content (AvgIpc) is 3.23. The van der Waals surface area contributed by atoms with E-state index in [1.807, 2.05) is 0 Å². The number of aliphatic imine (C=N–C) groups is 1. The molecule has 0 aromatic carbocycles. The number of amides is 1. The number of ether oxygens (including phenoxy) is 2. The maximum Gasteiger partial charge on any atom is 0.243 e. The van der Waals surface area contributed by atoms with Gasteiger partial charge in [-0.15, -0.1) is 0 Å². The van der Waals surface area contributed by atoms with Crippen molar-refractivity contribution in [3.8, 4) is 0 Å². The number of nitrogens with one attached hydrogen (secondary N) is 2. The fraction of sp³-hybridized carbons (Fsp3) is 0.889. The van der Waals surface area contributed by atoms with Gasteiger partial charge in [-0.1, -0.05) is 13.8 Å². The number of nitrogens with zero attached hydrogens (tertiary/aromatic N) is 2. The van der Waals surface area contributed by atoms with E-state index >= 15 is 0 Å². The van der Waals surface area contributed by atoms with E-state index in [2.05, 4.69) is 29.5 Å². The Morgan fingerprint density at radius 1 is 1.24 bits per heavy atom. The molecule has 1 amide bonds. The minimum Gasteiger partial charge on any atom is -0.377 e. The molecule has 0 radical (unpaired) electrons. The molecule has 2 aliphatic heterocycles. The van der Waals surface area contributed by atoms with E-state index in [4.69, 9.17) is 9.47 Å². The second kappa shape index (κ2) is 7.50. The van der Waals surface area contributed by atoms with E-state index in [1.165, 1.54) is 0 Å². The van der Waals surface area contributed by atoms with Crippen molar-refractivity contribution in [1.29, 1.82) is 0 Å². The molecule has 3 fully saturated rings. The fourth-order valence-electron chi connectivity index (χ4n) is 4.22. The predicted octanol–water partition coefficient (Wildman–Crippen LogP) is 0.602. The first-order chi connectivity index (χ1) is 11.9. The zero-order valence-electron chi connectivity index (χ0n) is 15.9. The van der Waals surface area contributed by atoms with Crippen molar-refractivity contribution in [1.82, 2.24) is 15.5 Å². The third-order valence-electron chi connectivity index (χ3n) is 5.79. The Morgan fingerprint density at radius 3 is 2.72 bits per heavy atom. The number of carbonyl (C=O) groups excluding carboxylic acids is 1. The van der Waals surface area contributed by atoms with Crippen LogP contribution in [0.4, 0.5) is 0 Å². The lowest BCUT2D eigenvalue weighted by molar-refractivity contribution is -0.127. The van der Waals surface area contributed by atoms with Crippen LogP contribution in [0.2, 0.25) is 0 Å². The summed E-state index contributed by atoms with van der Waals surface area (Å²) >= 11 is 0. The minimum atomic E-state index is -0.00633. The normalized spacial score (nSPS) is 33.5. The maximum absolute atomic E-state index is 11.9. The largest absolute Gasteiger partial charge is 0.377 e. The van der Waals surface area contributed by atoms with Gasteiger partial charge in [0.15, 0.2) is 5.96 Å². The first-order valence-corrected chi connectivity index (χ1v) is 9.38. The summed E-state index contributed by atoms with van der Waals surface area (Å²) in [6.45, 7) is 7.01. The van der Waals surface area contributed by atoms with Crippen molar-refractivity contribution >= 4 is 11.9 Å². The van der Waals surface area contributed by atoms with Gasteiger partial charge in [0.05, 0.1) is 12.2 Å². The van der Waals surface area contributed by atoms with Crippen molar-refractivity contribution in [3.05, 3.63) is 0 Å². The fourth-order valence-corrected chi connectivity index (χ4v) is 4.22. The summed E-state index contributed by atoms with van der Waals surface area (Å²) < 4.78 is 11.6. The van der Waals surface area contributed by atoms with Gasteiger partial charge in [0, 0.05) is 51.2 Å². The number of guanidine groups is 1. The van der Waals surface area contributed by atoms with Crippen molar-refractivity contribution in [2.24, 2.45) is 16.3 Å². The lowest BCUT2D eigenvalue weighted by atomic mass is 9.57. The number of likely N-dealkylation sites (N-methyl/N-ethyl adjacent to an activating group) is 1. The molecule has 0 aromatic rings. The van der Waals surface area contributed by atoms with Crippen LogP contribution in [0.1, 0.15) is 33.1 Å². The number of hydrogen-bond donors (Lipinski definition) is 2. The van der Waals surface area contributed by atoms with Crippen molar-refractivity contribution in [2.45, 2.75) is 51.4 Å². The molecule has 0 bridgehead atoms. The summed E-state index contributed by atoms with van der Waals surface area (Å²) in [5, 5.41) is 6.94. The molecule has 1 saturated carbocycles. The summed E-state index contributed by atoms with van der Waals surface area (Å²) in [6.07, 6.45) is 3.83.